The number of nitrogens with one attached hydrogen (secondary N) is 2. The highest BCUT2D eigenvalue weighted by molar-refractivity contribution is 5.92. The van der Waals surface area contributed by atoms with Crippen LogP contribution in [0.15, 0.2) is 83.5 Å². The standard InChI is InChI=1S/C25H23N5O4/c1-3-19-16-29(25(32)34-19)18-9-10-21(23(15-18)33-2)30-14-12-22(31)24(28-30)20(11-13-26)27-17-7-5-4-6-8-17/h3-15,26-27H,16H2,1-2H3/b19-3-,20-11-,26-13?. The zero-order valence-electron chi connectivity index (χ0n) is 18.7. The minimum Gasteiger partial charge on any atom is -0.494 e. The first-order valence-corrected chi connectivity index (χ1v) is 10.5. The van der Waals surface area contributed by atoms with Gasteiger partial charge in [-0.05, 0) is 43.3 Å². The number of carbonyl (C=O) groups excluding carboxylic acids is 1. The molecule has 0 radical (unpaired) electrons. The van der Waals surface area contributed by atoms with Gasteiger partial charge in [-0.3, -0.25) is 9.69 Å². The molecule has 4 rings (SSSR count). The summed E-state index contributed by atoms with van der Waals surface area (Å²) in [5.41, 5.74) is 2.16. The second-order valence-electron chi connectivity index (χ2n) is 7.28. The Balaban J connectivity index is 1.72. The van der Waals surface area contributed by atoms with Crippen LogP contribution in [0.25, 0.3) is 11.4 Å². The third kappa shape index (κ3) is 4.58. The molecule has 0 spiro atoms. The maximum atomic E-state index is 12.7. The molecule has 3 aromatic rings. The molecule has 1 amide bonds. The van der Waals surface area contributed by atoms with Crippen LogP contribution < -0.4 is 20.4 Å². The molecule has 1 saturated heterocycles. The number of carbonyl (C=O) groups is 1. The number of nitrogens with zero attached hydrogens (tertiary/aromatic N) is 3. The Bertz CT molecular complexity index is 1340. The van der Waals surface area contributed by atoms with E-state index in [1.54, 1.807) is 24.3 Å². The van der Waals surface area contributed by atoms with Gasteiger partial charge in [0.05, 0.1) is 25.0 Å². The minimum absolute atomic E-state index is 0.141. The molecule has 2 N–H and O–H groups in total. The Kier molecular flexibility index (Phi) is 6.54. The van der Waals surface area contributed by atoms with Crippen molar-refractivity contribution < 1.29 is 14.3 Å². The fraction of sp³-hybridized carbons (Fsp3) is 0.120. The molecule has 1 fully saturated rings. The van der Waals surface area contributed by atoms with E-state index in [4.69, 9.17) is 14.9 Å². The van der Waals surface area contributed by atoms with Crippen LogP contribution >= 0.6 is 0 Å². The van der Waals surface area contributed by atoms with E-state index in [9.17, 15) is 9.59 Å². The first-order chi connectivity index (χ1) is 16.5. The number of methoxy groups -OCH3 is 1. The van der Waals surface area contributed by atoms with E-state index in [-0.39, 0.29) is 11.1 Å². The average Bonchev–Trinajstić information content (AvgIpc) is 3.25. The third-order valence-corrected chi connectivity index (χ3v) is 5.16. The summed E-state index contributed by atoms with van der Waals surface area (Å²) < 4.78 is 12.3. The Morgan fingerprint density at radius 2 is 1.97 bits per heavy atom. The van der Waals surface area contributed by atoms with E-state index in [0.717, 1.165) is 11.9 Å². The van der Waals surface area contributed by atoms with Crippen LogP contribution in [0.4, 0.5) is 16.2 Å². The Hall–Kier alpha value is -4.66. The molecular weight excluding hydrogens is 434 g/mol. The quantitative estimate of drug-likeness (QED) is 0.515. The zero-order chi connectivity index (χ0) is 24.1. The molecule has 2 aromatic carbocycles. The van der Waals surface area contributed by atoms with Crippen LogP contribution in [0.2, 0.25) is 0 Å². The van der Waals surface area contributed by atoms with Crippen LogP contribution in [0, 0.1) is 5.41 Å². The van der Waals surface area contributed by atoms with Crippen molar-refractivity contribution in [1.29, 1.82) is 5.41 Å². The first kappa shape index (κ1) is 22.5. The second-order valence-corrected chi connectivity index (χ2v) is 7.28. The predicted molar refractivity (Wildman–Crippen MR) is 131 cm³/mol. The number of ether oxygens (including phenoxy) is 2. The van der Waals surface area contributed by atoms with Gasteiger partial charge in [0.1, 0.15) is 17.2 Å². The highest BCUT2D eigenvalue weighted by Crippen LogP contribution is 2.31. The summed E-state index contributed by atoms with van der Waals surface area (Å²) in [6.45, 7) is 2.14. The maximum absolute atomic E-state index is 12.7. The number of hydrogen-bond acceptors (Lipinski definition) is 7. The minimum atomic E-state index is -0.458. The van der Waals surface area contributed by atoms with Crippen LogP contribution in [-0.4, -0.2) is 35.7 Å². The van der Waals surface area contributed by atoms with Crippen molar-refractivity contribution in [3.8, 4) is 11.4 Å². The molecule has 0 saturated carbocycles. The smallest absolute Gasteiger partial charge is 0.419 e. The van der Waals surface area contributed by atoms with Crippen LogP contribution in [0.3, 0.4) is 0 Å². The molecule has 9 heteroatoms. The summed E-state index contributed by atoms with van der Waals surface area (Å²) in [7, 11) is 1.52. The van der Waals surface area contributed by atoms with Gasteiger partial charge in [-0.15, -0.1) is 0 Å². The number of allylic oxidation sites excluding steroid dienone is 2. The molecule has 0 aliphatic carbocycles. The molecule has 0 atom stereocenters. The monoisotopic (exact) mass is 457 g/mol. The second kappa shape index (κ2) is 9.86. The van der Waals surface area contributed by atoms with Gasteiger partial charge < -0.3 is 20.2 Å². The van der Waals surface area contributed by atoms with Gasteiger partial charge in [0.25, 0.3) is 0 Å². The lowest BCUT2D eigenvalue weighted by Gasteiger charge is -2.17. The normalized spacial score (nSPS) is 14.8. The number of aromatic nitrogens is 2. The number of cyclic esters (lactones) is 1. The van der Waals surface area contributed by atoms with E-state index in [2.05, 4.69) is 10.4 Å². The Morgan fingerprint density at radius 3 is 2.65 bits per heavy atom. The summed E-state index contributed by atoms with van der Waals surface area (Å²) in [4.78, 5) is 26.4. The van der Waals surface area contributed by atoms with E-state index < -0.39 is 6.09 Å². The summed E-state index contributed by atoms with van der Waals surface area (Å²) >= 11 is 0. The van der Waals surface area contributed by atoms with Crippen molar-refractivity contribution in [2.45, 2.75) is 6.92 Å². The molecule has 0 unspecified atom stereocenters. The number of rotatable bonds is 7. The fourth-order valence-corrected chi connectivity index (χ4v) is 3.46. The van der Waals surface area contributed by atoms with Crippen LogP contribution in [0.5, 0.6) is 5.75 Å². The predicted octanol–water partition coefficient (Wildman–Crippen LogP) is 4.20. The van der Waals surface area contributed by atoms with Crippen LogP contribution in [0.1, 0.15) is 12.6 Å². The lowest BCUT2D eigenvalue weighted by molar-refractivity contribution is 0.198. The van der Waals surface area contributed by atoms with E-state index in [0.29, 0.717) is 35.1 Å². The number of hydrogen-bond donors (Lipinski definition) is 2. The van der Waals surface area contributed by atoms with Gasteiger partial charge in [-0.1, -0.05) is 18.2 Å². The van der Waals surface area contributed by atoms with Crippen molar-refractivity contribution in [3.05, 3.63) is 94.6 Å². The van der Waals surface area contributed by atoms with Crippen molar-refractivity contribution in [3.63, 3.8) is 0 Å². The number of para-hydroxylation sites is 1. The van der Waals surface area contributed by atoms with E-state index in [1.807, 2.05) is 37.3 Å². The largest absolute Gasteiger partial charge is 0.494 e. The molecule has 2 heterocycles. The van der Waals surface area contributed by atoms with Crippen molar-refractivity contribution in [2.75, 3.05) is 23.9 Å². The summed E-state index contributed by atoms with van der Waals surface area (Å²) in [5, 5.41) is 15.2. The fourth-order valence-electron chi connectivity index (χ4n) is 3.46. The SMILES string of the molecule is C/C=C1/CN(c2ccc(-n3ccc(=O)c(/C(=C/C=N)Nc4ccccc4)n3)c(OC)c2)C(=O)O1. The lowest BCUT2D eigenvalue weighted by Crippen LogP contribution is -2.23. The molecule has 9 nitrogen and oxygen atoms in total. The molecule has 0 bridgehead atoms. The van der Waals surface area contributed by atoms with Gasteiger partial charge in [0.2, 0.25) is 5.43 Å². The first-order valence-electron chi connectivity index (χ1n) is 10.5. The summed E-state index contributed by atoms with van der Waals surface area (Å²) in [5.74, 6) is 1.03. The highest BCUT2D eigenvalue weighted by atomic mass is 16.6. The van der Waals surface area contributed by atoms with Crippen molar-refractivity contribution >= 4 is 29.4 Å². The topological polar surface area (TPSA) is 110 Å². The van der Waals surface area contributed by atoms with Crippen molar-refractivity contribution in [2.24, 2.45) is 0 Å². The summed E-state index contributed by atoms with van der Waals surface area (Å²) in [6.07, 6.45) is 5.39. The Morgan fingerprint density at radius 1 is 1.18 bits per heavy atom. The number of benzene rings is 2. The lowest BCUT2D eigenvalue weighted by atomic mass is 10.2. The molecule has 1 aromatic heterocycles. The molecule has 34 heavy (non-hydrogen) atoms. The van der Waals surface area contributed by atoms with Crippen LogP contribution in [-0.2, 0) is 4.74 Å². The zero-order valence-corrected chi connectivity index (χ0v) is 18.7. The number of anilines is 2. The van der Waals surface area contributed by atoms with E-state index in [1.165, 1.54) is 35.0 Å². The maximum Gasteiger partial charge on any atom is 0.419 e. The molecular formula is C25H23N5O4. The highest BCUT2D eigenvalue weighted by Gasteiger charge is 2.28. The van der Waals surface area contributed by atoms with Gasteiger partial charge >= 0.3 is 6.09 Å². The third-order valence-electron chi connectivity index (χ3n) is 5.16. The molecule has 1 aliphatic heterocycles. The van der Waals surface area contributed by atoms with E-state index >= 15 is 0 Å². The number of amides is 1. The van der Waals surface area contributed by atoms with Gasteiger partial charge in [-0.25, -0.2) is 9.48 Å². The van der Waals surface area contributed by atoms with Gasteiger partial charge in [0, 0.05) is 30.2 Å². The average molecular weight is 457 g/mol. The summed E-state index contributed by atoms with van der Waals surface area (Å²) in [6, 6.07) is 15.9. The molecule has 1 aliphatic rings. The van der Waals surface area contributed by atoms with Gasteiger partial charge in [-0.2, -0.15) is 5.10 Å². The van der Waals surface area contributed by atoms with Gasteiger partial charge in [0.15, 0.2) is 5.69 Å². The molecule has 172 valence electrons. The van der Waals surface area contributed by atoms with Crippen molar-refractivity contribution in [1.82, 2.24) is 9.78 Å². The Labute approximate surface area is 196 Å².